The molecule has 0 saturated carbocycles. The van der Waals surface area contributed by atoms with Gasteiger partial charge in [-0.15, -0.1) is 0 Å². The van der Waals surface area contributed by atoms with Gasteiger partial charge in [0.2, 0.25) is 15.9 Å². The first-order valence-corrected chi connectivity index (χ1v) is 11.8. The zero-order valence-electron chi connectivity index (χ0n) is 17.2. The lowest BCUT2D eigenvalue weighted by Gasteiger charge is -2.32. The number of sulfonamides is 1. The monoisotopic (exact) mass is 481 g/mol. The molecule has 1 atom stereocenters. The van der Waals surface area contributed by atoms with Crippen molar-refractivity contribution in [3.8, 4) is 5.75 Å². The number of nitrogens with one attached hydrogen (secondary N) is 2. The Hall–Kier alpha value is -2.69. The number of halogens is 2. The predicted molar refractivity (Wildman–Crippen MR) is 117 cm³/mol. The molecule has 8 nitrogen and oxygen atoms in total. The van der Waals surface area contributed by atoms with E-state index in [1.54, 1.807) is 13.0 Å². The first-order valence-electron chi connectivity index (χ1n) is 9.98. The van der Waals surface area contributed by atoms with E-state index in [9.17, 15) is 22.4 Å². The summed E-state index contributed by atoms with van der Waals surface area (Å²) in [6.07, 6.45) is 1.03. The fraction of sp³-hybridized carbons (Fsp3) is 0.333. The number of rotatable bonds is 4. The molecule has 2 aromatic rings. The van der Waals surface area contributed by atoms with Crippen LogP contribution in [0.3, 0.4) is 0 Å². The highest BCUT2D eigenvalue weighted by Crippen LogP contribution is 2.35. The lowest BCUT2D eigenvalue weighted by Crippen LogP contribution is -2.43. The molecule has 0 spiro atoms. The molecule has 32 heavy (non-hydrogen) atoms. The summed E-state index contributed by atoms with van der Waals surface area (Å²) in [5, 5.41) is 5.22. The van der Waals surface area contributed by atoms with E-state index in [1.807, 2.05) is 0 Å². The number of benzene rings is 2. The minimum atomic E-state index is -3.90. The molecule has 2 amide bonds. The molecule has 2 heterocycles. The third kappa shape index (κ3) is 4.43. The minimum Gasteiger partial charge on any atom is -0.482 e. The van der Waals surface area contributed by atoms with Crippen molar-refractivity contribution in [2.45, 2.75) is 24.7 Å². The Morgan fingerprint density at radius 2 is 2.09 bits per heavy atom. The second-order valence-electron chi connectivity index (χ2n) is 7.77. The van der Waals surface area contributed by atoms with E-state index in [-0.39, 0.29) is 47.2 Å². The van der Waals surface area contributed by atoms with E-state index >= 15 is 0 Å². The number of fused-ring (bicyclic) bond motifs is 1. The van der Waals surface area contributed by atoms with Crippen molar-refractivity contribution in [1.82, 2.24) is 4.31 Å². The van der Waals surface area contributed by atoms with Gasteiger partial charge in [-0.1, -0.05) is 11.6 Å². The first kappa shape index (κ1) is 22.5. The van der Waals surface area contributed by atoms with Crippen molar-refractivity contribution in [2.24, 2.45) is 5.92 Å². The summed E-state index contributed by atoms with van der Waals surface area (Å²) in [7, 11) is -3.90. The van der Waals surface area contributed by atoms with Crippen LogP contribution in [0.4, 0.5) is 15.8 Å². The largest absolute Gasteiger partial charge is 0.482 e. The molecule has 2 aromatic carbocycles. The molecule has 1 saturated heterocycles. The molecule has 1 unspecified atom stereocenters. The maximum absolute atomic E-state index is 13.4. The van der Waals surface area contributed by atoms with Gasteiger partial charge < -0.3 is 15.4 Å². The quantitative estimate of drug-likeness (QED) is 0.698. The molecule has 2 aliphatic rings. The first-order chi connectivity index (χ1) is 15.1. The molecule has 0 aromatic heterocycles. The lowest BCUT2D eigenvalue weighted by molar-refractivity contribution is -0.121. The molecule has 170 valence electrons. The summed E-state index contributed by atoms with van der Waals surface area (Å²) in [6.45, 7) is 1.75. The minimum absolute atomic E-state index is 0.0111. The Labute approximate surface area is 189 Å². The molecule has 4 rings (SSSR count). The topological polar surface area (TPSA) is 105 Å². The number of carbonyl (C=O) groups is 2. The van der Waals surface area contributed by atoms with Gasteiger partial charge in [0.1, 0.15) is 11.6 Å². The van der Waals surface area contributed by atoms with Crippen LogP contribution >= 0.6 is 11.6 Å². The smallest absolute Gasteiger partial charge is 0.262 e. The summed E-state index contributed by atoms with van der Waals surface area (Å²) in [6, 6.07) is 6.82. The fourth-order valence-electron chi connectivity index (χ4n) is 3.83. The molecule has 2 N–H and O–H groups in total. The van der Waals surface area contributed by atoms with E-state index in [2.05, 4.69) is 10.6 Å². The van der Waals surface area contributed by atoms with Gasteiger partial charge in [0.25, 0.3) is 5.91 Å². The average molecular weight is 482 g/mol. The molecular weight excluding hydrogens is 461 g/mol. The number of anilines is 2. The highest BCUT2D eigenvalue weighted by Gasteiger charge is 2.35. The Morgan fingerprint density at radius 3 is 2.84 bits per heavy atom. The highest BCUT2D eigenvalue weighted by atomic mass is 35.5. The van der Waals surface area contributed by atoms with Gasteiger partial charge in [-0.05, 0) is 49.6 Å². The highest BCUT2D eigenvalue weighted by molar-refractivity contribution is 7.89. The second-order valence-corrected chi connectivity index (χ2v) is 10.1. The number of hydrogen-bond donors (Lipinski definition) is 2. The van der Waals surface area contributed by atoms with Gasteiger partial charge in [0, 0.05) is 24.8 Å². The maximum atomic E-state index is 13.4. The molecule has 1 fully saturated rings. The number of ether oxygens (including phenoxy) is 1. The Kier molecular flexibility index (Phi) is 6.11. The zero-order chi connectivity index (χ0) is 23.0. The fourth-order valence-corrected chi connectivity index (χ4v) is 5.75. The van der Waals surface area contributed by atoms with Crippen molar-refractivity contribution < 1.29 is 27.1 Å². The van der Waals surface area contributed by atoms with Crippen molar-refractivity contribution in [3.63, 3.8) is 0 Å². The number of hydrogen-bond acceptors (Lipinski definition) is 5. The summed E-state index contributed by atoms with van der Waals surface area (Å²) in [5.41, 5.74) is 1.22. The van der Waals surface area contributed by atoms with Gasteiger partial charge in [-0.2, -0.15) is 4.31 Å². The molecule has 2 aliphatic heterocycles. The van der Waals surface area contributed by atoms with Crippen molar-refractivity contribution in [1.29, 1.82) is 0 Å². The second kappa shape index (κ2) is 8.68. The van der Waals surface area contributed by atoms with Crippen LogP contribution < -0.4 is 15.4 Å². The average Bonchev–Trinajstić information content (AvgIpc) is 2.75. The maximum Gasteiger partial charge on any atom is 0.262 e. The van der Waals surface area contributed by atoms with E-state index in [1.165, 1.54) is 22.5 Å². The predicted octanol–water partition coefficient (Wildman–Crippen LogP) is 3.16. The number of amides is 2. The molecule has 0 aliphatic carbocycles. The van der Waals surface area contributed by atoms with Crippen LogP contribution in [0.15, 0.2) is 35.2 Å². The number of carbonyl (C=O) groups excluding carboxylic acids is 2. The van der Waals surface area contributed by atoms with Crippen molar-refractivity contribution >= 4 is 44.8 Å². The summed E-state index contributed by atoms with van der Waals surface area (Å²) in [5.74, 6) is -1.55. The Morgan fingerprint density at radius 1 is 1.31 bits per heavy atom. The number of aryl methyl sites for hydroxylation is 1. The van der Waals surface area contributed by atoms with Crippen LogP contribution in [0.1, 0.15) is 18.4 Å². The summed E-state index contributed by atoms with van der Waals surface area (Å²) >= 11 is 5.76. The van der Waals surface area contributed by atoms with Gasteiger partial charge >= 0.3 is 0 Å². The number of piperidine rings is 1. The van der Waals surface area contributed by atoms with Crippen LogP contribution in [-0.2, 0) is 19.6 Å². The van der Waals surface area contributed by atoms with E-state index in [0.29, 0.717) is 29.8 Å². The summed E-state index contributed by atoms with van der Waals surface area (Å²) < 4.78 is 46.7. The molecule has 0 bridgehead atoms. The zero-order valence-corrected chi connectivity index (χ0v) is 18.7. The Balaban J connectivity index is 1.53. The molecule has 11 heteroatoms. The molecular formula is C21H21ClFN3O5S. The lowest BCUT2D eigenvalue weighted by atomic mass is 9.99. The summed E-state index contributed by atoms with van der Waals surface area (Å²) in [4.78, 5) is 24.3. The SMILES string of the molecule is Cc1cc2c(cc1S(=O)(=O)N1CCCC(C(=O)Nc3ccc(F)c(Cl)c3)C1)OCC(=O)N2. The van der Waals surface area contributed by atoms with Gasteiger partial charge in [0.15, 0.2) is 6.61 Å². The molecule has 0 radical (unpaired) electrons. The van der Waals surface area contributed by atoms with Crippen LogP contribution in [0.5, 0.6) is 5.75 Å². The van der Waals surface area contributed by atoms with Gasteiger partial charge in [-0.3, -0.25) is 9.59 Å². The van der Waals surface area contributed by atoms with Crippen LogP contribution in [0, 0.1) is 18.7 Å². The third-order valence-electron chi connectivity index (χ3n) is 5.47. The standard InChI is InChI=1S/C21H21ClFN3O5S/c1-12-7-17-18(31-11-20(27)25-17)9-19(12)32(29,30)26-6-2-3-13(10-26)21(28)24-14-4-5-16(23)15(22)8-14/h4-5,7-9,13H,2-3,6,10-11H2,1H3,(H,24,28)(H,25,27). The van der Waals surface area contributed by atoms with E-state index in [0.717, 1.165) is 6.07 Å². The van der Waals surface area contributed by atoms with Crippen LogP contribution in [-0.4, -0.2) is 44.2 Å². The van der Waals surface area contributed by atoms with Crippen LogP contribution in [0.2, 0.25) is 5.02 Å². The van der Waals surface area contributed by atoms with Gasteiger partial charge in [-0.25, -0.2) is 12.8 Å². The van der Waals surface area contributed by atoms with Gasteiger partial charge in [0.05, 0.1) is 21.5 Å². The van der Waals surface area contributed by atoms with Crippen molar-refractivity contribution in [2.75, 3.05) is 30.3 Å². The Bertz CT molecular complexity index is 1200. The normalized spacial score (nSPS) is 19.0. The van der Waals surface area contributed by atoms with Crippen LogP contribution in [0.25, 0.3) is 0 Å². The van der Waals surface area contributed by atoms with E-state index in [4.69, 9.17) is 16.3 Å². The van der Waals surface area contributed by atoms with E-state index < -0.39 is 21.8 Å². The third-order valence-corrected chi connectivity index (χ3v) is 7.77. The van der Waals surface area contributed by atoms with Crippen molar-refractivity contribution in [3.05, 3.63) is 46.7 Å². The number of nitrogens with zero attached hydrogens (tertiary/aromatic N) is 1.